The number of halogens is 3. The van der Waals surface area contributed by atoms with Crippen LogP contribution in [0.3, 0.4) is 0 Å². The lowest BCUT2D eigenvalue weighted by Gasteiger charge is -2.36. The number of alkyl halides is 2. The minimum absolute atomic E-state index is 0.00788. The van der Waals surface area contributed by atoms with Gasteiger partial charge < -0.3 is 44.5 Å². The highest BCUT2D eigenvalue weighted by Crippen LogP contribution is 2.50. The maximum Gasteiger partial charge on any atom is 0.351 e. The van der Waals surface area contributed by atoms with Crippen LogP contribution in [0.2, 0.25) is 5.15 Å². The van der Waals surface area contributed by atoms with E-state index in [9.17, 15) is 57.0 Å². The van der Waals surface area contributed by atoms with Crippen LogP contribution in [0.1, 0.15) is 52.3 Å². The van der Waals surface area contributed by atoms with E-state index in [1.807, 2.05) is 6.07 Å². The van der Waals surface area contributed by atoms with E-state index < -0.39 is 128 Å². The predicted octanol–water partition coefficient (Wildman–Crippen LogP) is 2.03. The summed E-state index contributed by atoms with van der Waals surface area (Å²) in [4.78, 5) is 28.7. The maximum absolute atomic E-state index is 13.6. The molecule has 4 atom stereocenters. The van der Waals surface area contributed by atoms with E-state index in [1.54, 1.807) is 0 Å². The van der Waals surface area contributed by atoms with Crippen LogP contribution in [0.5, 0.6) is 0 Å². The van der Waals surface area contributed by atoms with Crippen LogP contribution in [0.25, 0.3) is 11.0 Å². The number of rotatable bonds is 17. The Bertz CT molecular complexity index is 1860. The van der Waals surface area contributed by atoms with Gasteiger partial charge in [0.25, 0.3) is 5.92 Å². The van der Waals surface area contributed by atoms with Crippen LogP contribution in [-0.4, -0.2) is 119 Å². The monoisotopic (exact) mass is 816 g/mol. The van der Waals surface area contributed by atoms with E-state index in [4.69, 9.17) is 34.9 Å². The van der Waals surface area contributed by atoms with Crippen molar-refractivity contribution in [1.29, 1.82) is 5.26 Å². The minimum Gasteiger partial charge on any atom is -0.437 e. The SMILES string of the molecule is CC(C)(CO)C(=O)OCOP(=O)(CS(=O)(=O)C[C@H]1O[C@@H](n2ccc3c(NC4CC(F)(F)C4)c(C#N)c(Cl)nc32)[C@H](O)[C@@H]1O)OCOC(=O)C(C)(C)CO. The summed E-state index contributed by atoms with van der Waals surface area (Å²) < 4.78 is 94.2. The first-order valence-electron chi connectivity index (χ1n) is 15.9. The van der Waals surface area contributed by atoms with Gasteiger partial charge in [0.2, 0.25) is 13.6 Å². The molecule has 1 aliphatic carbocycles. The molecule has 18 nitrogen and oxygen atoms in total. The van der Waals surface area contributed by atoms with Gasteiger partial charge >= 0.3 is 19.5 Å². The molecule has 2 aromatic rings. The van der Waals surface area contributed by atoms with Gasteiger partial charge in [-0.25, -0.2) is 22.2 Å². The van der Waals surface area contributed by atoms with Crippen LogP contribution in [-0.2, 0) is 47.2 Å². The van der Waals surface area contributed by atoms with Crippen LogP contribution in [0.4, 0.5) is 14.5 Å². The van der Waals surface area contributed by atoms with E-state index in [0.29, 0.717) is 0 Å². The molecule has 3 heterocycles. The summed E-state index contributed by atoms with van der Waals surface area (Å²) in [5, 5.41) is 53.0. The third kappa shape index (κ3) is 9.80. The number of nitriles is 1. The Kier molecular flexibility index (Phi) is 12.9. The van der Waals surface area contributed by atoms with Crippen molar-refractivity contribution in [3.8, 4) is 6.07 Å². The largest absolute Gasteiger partial charge is 0.437 e. The van der Waals surface area contributed by atoms with Crippen molar-refractivity contribution < 1.29 is 75.0 Å². The molecular formula is C30H40ClF2N4O14PS. The lowest BCUT2D eigenvalue weighted by Crippen LogP contribution is -2.44. The quantitative estimate of drug-likeness (QED) is 0.0662. The normalized spacial score (nSPS) is 22.3. The predicted molar refractivity (Wildman–Crippen MR) is 179 cm³/mol. The number of hydrogen-bond donors (Lipinski definition) is 5. The molecule has 5 N–H and O–H groups in total. The summed E-state index contributed by atoms with van der Waals surface area (Å²) in [7, 11) is -9.52. The van der Waals surface area contributed by atoms with Gasteiger partial charge in [0.15, 0.2) is 26.7 Å². The van der Waals surface area contributed by atoms with E-state index in [0.717, 1.165) is 0 Å². The fraction of sp³-hybridized carbons (Fsp3) is 0.667. The number of aliphatic hydroxyl groups is 4. The molecule has 2 aliphatic rings. The number of carbonyl (C=O) groups excluding carboxylic acids is 2. The topological polar surface area (TPSA) is 266 Å². The first-order chi connectivity index (χ1) is 24.5. The van der Waals surface area contributed by atoms with Crippen molar-refractivity contribution in [3.05, 3.63) is 23.0 Å². The third-order valence-electron chi connectivity index (χ3n) is 8.53. The molecule has 0 spiro atoms. The number of carbonyl (C=O) groups is 2. The molecular weight excluding hydrogens is 777 g/mol. The van der Waals surface area contributed by atoms with Gasteiger partial charge in [-0.2, -0.15) is 5.26 Å². The van der Waals surface area contributed by atoms with Gasteiger partial charge in [-0.1, -0.05) is 11.6 Å². The number of pyridine rings is 1. The summed E-state index contributed by atoms with van der Waals surface area (Å²) in [5.41, 5.74) is -4.28. The van der Waals surface area contributed by atoms with Crippen LogP contribution in [0.15, 0.2) is 12.3 Å². The zero-order valence-electron chi connectivity index (χ0n) is 28.9. The van der Waals surface area contributed by atoms with Crippen molar-refractivity contribution >= 4 is 57.7 Å². The van der Waals surface area contributed by atoms with Gasteiger partial charge in [0, 0.05) is 30.5 Å². The van der Waals surface area contributed by atoms with E-state index in [-0.39, 0.29) is 27.4 Å². The standard InChI is InChI=1S/C30H40ClF2N4O14PS/c1-28(2,11-38)26(42)47-13-49-52(44,50-14-48-27(43)29(3,4)12-39)15-53(45,46)10-19-21(40)22(41)25(51-19)37-6-5-17-20(35-16-7-30(32,33)8-16)18(9-34)23(31)36-24(17)37/h5-6,16,19,21-22,25,38-41H,7-8,10-15H2,1-4H3,(H,35,36)/t19-,21-,22-,25-/m1/s1. The molecule has 0 unspecified atom stereocenters. The van der Waals surface area contributed by atoms with Crippen molar-refractivity contribution in [2.45, 2.75) is 77.0 Å². The van der Waals surface area contributed by atoms with Crippen molar-refractivity contribution in [1.82, 2.24) is 9.55 Å². The lowest BCUT2D eigenvalue weighted by atomic mass is 9.88. The Balaban J connectivity index is 1.52. The van der Waals surface area contributed by atoms with Gasteiger partial charge in [-0.3, -0.25) is 23.2 Å². The molecule has 0 radical (unpaired) electrons. The number of aromatic nitrogens is 2. The van der Waals surface area contributed by atoms with Crippen molar-refractivity contribution in [2.75, 3.05) is 43.4 Å². The summed E-state index contributed by atoms with van der Waals surface area (Å²) in [6.45, 7) is 1.81. The van der Waals surface area contributed by atoms with Gasteiger partial charge in [0.05, 0.1) is 35.5 Å². The van der Waals surface area contributed by atoms with Crippen molar-refractivity contribution in [2.24, 2.45) is 10.8 Å². The molecule has 0 aromatic carbocycles. The first kappa shape index (κ1) is 42.7. The zero-order valence-corrected chi connectivity index (χ0v) is 31.4. The second-order valence-electron chi connectivity index (χ2n) is 14.0. The number of aliphatic hydroxyl groups excluding tert-OH is 4. The molecule has 0 amide bonds. The number of anilines is 1. The number of nitrogens with one attached hydrogen (secondary N) is 1. The fourth-order valence-electron chi connectivity index (χ4n) is 5.16. The zero-order chi connectivity index (χ0) is 39.7. The highest BCUT2D eigenvalue weighted by Gasteiger charge is 2.48. The average molecular weight is 817 g/mol. The molecule has 2 aromatic heterocycles. The molecule has 1 saturated heterocycles. The second-order valence-corrected chi connectivity index (χ2v) is 18.9. The summed E-state index contributed by atoms with van der Waals surface area (Å²) in [6, 6.07) is 2.62. The number of hydrogen-bond acceptors (Lipinski definition) is 17. The molecule has 1 saturated carbocycles. The second kappa shape index (κ2) is 16.0. The van der Waals surface area contributed by atoms with Crippen LogP contribution >= 0.6 is 19.2 Å². The molecule has 2 fully saturated rings. The molecule has 0 bridgehead atoms. The Morgan fingerprint density at radius 1 is 1.11 bits per heavy atom. The van der Waals surface area contributed by atoms with Gasteiger partial charge in [-0.15, -0.1) is 0 Å². The third-order valence-corrected chi connectivity index (χ3v) is 13.5. The number of esters is 2. The number of ether oxygens (including phenoxy) is 3. The maximum atomic E-state index is 13.6. The molecule has 23 heteroatoms. The minimum atomic E-state index is -4.88. The smallest absolute Gasteiger partial charge is 0.351 e. The van der Waals surface area contributed by atoms with Crippen LogP contribution in [0, 0.1) is 22.2 Å². The van der Waals surface area contributed by atoms with Crippen LogP contribution < -0.4 is 5.32 Å². The van der Waals surface area contributed by atoms with E-state index in [2.05, 4.69) is 10.3 Å². The molecule has 1 aliphatic heterocycles. The highest BCUT2D eigenvalue weighted by atomic mass is 35.5. The fourth-order valence-corrected chi connectivity index (χ4v) is 9.60. The van der Waals surface area contributed by atoms with E-state index in [1.165, 1.54) is 44.5 Å². The Labute approximate surface area is 307 Å². The van der Waals surface area contributed by atoms with E-state index >= 15 is 0 Å². The lowest BCUT2D eigenvalue weighted by molar-refractivity contribution is -0.165. The Morgan fingerprint density at radius 2 is 1.66 bits per heavy atom. The number of sulfone groups is 1. The van der Waals surface area contributed by atoms with Gasteiger partial charge in [0.1, 0.15) is 35.6 Å². The molecule has 296 valence electrons. The number of fused-ring (bicyclic) bond motifs is 1. The molecule has 53 heavy (non-hydrogen) atoms. The average Bonchev–Trinajstić information content (AvgIpc) is 3.58. The number of nitrogens with zero attached hydrogens (tertiary/aromatic N) is 3. The summed E-state index contributed by atoms with van der Waals surface area (Å²) in [6.07, 6.45) is -6.45. The first-order valence-corrected chi connectivity index (χ1v) is 19.8. The highest BCUT2D eigenvalue weighted by molar-refractivity contribution is 7.97. The summed E-state index contributed by atoms with van der Waals surface area (Å²) in [5.74, 6) is -5.96. The molecule has 4 rings (SSSR count). The summed E-state index contributed by atoms with van der Waals surface area (Å²) >= 11 is 6.26. The van der Waals surface area contributed by atoms with Crippen molar-refractivity contribution in [3.63, 3.8) is 0 Å². The Morgan fingerprint density at radius 3 is 2.15 bits per heavy atom. The Hall–Kier alpha value is -3.03. The van der Waals surface area contributed by atoms with Gasteiger partial charge in [-0.05, 0) is 33.8 Å².